The summed E-state index contributed by atoms with van der Waals surface area (Å²) in [6, 6.07) is 2.07. The molecule has 1 amide bonds. The van der Waals surface area contributed by atoms with E-state index in [0.29, 0.717) is 19.4 Å². The Morgan fingerprint density at radius 1 is 1.40 bits per heavy atom. The van der Waals surface area contributed by atoms with Crippen molar-refractivity contribution in [3.05, 3.63) is 0 Å². The van der Waals surface area contributed by atoms with Gasteiger partial charge >= 0.3 is 0 Å². The molecule has 1 saturated carbocycles. The van der Waals surface area contributed by atoms with E-state index < -0.39 is 0 Å². The lowest BCUT2D eigenvalue weighted by Gasteiger charge is -2.08. The van der Waals surface area contributed by atoms with Crippen LogP contribution in [0.2, 0.25) is 0 Å². The molecule has 0 saturated heterocycles. The standard InChI is InChI=1S/C12H20N2O/c13-9-3-4-10-14-12(15)8-7-11-5-1-2-6-11/h11H,1-8,10H2,(H,14,15). The molecule has 0 aromatic rings. The molecule has 3 heteroatoms. The summed E-state index contributed by atoms with van der Waals surface area (Å²) in [5.41, 5.74) is 0. The van der Waals surface area contributed by atoms with Gasteiger partial charge in [-0.1, -0.05) is 25.7 Å². The number of carbonyl (C=O) groups excluding carboxylic acids is 1. The van der Waals surface area contributed by atoms with Crippen molar-refractivity contribution in [2.75, 3.05) is 6.54 Å². The fraction of sp³-hybridized carbons (Fsp3) is 0.833. The first-order chi connectivity index (χ1) is 7.33. The van der Waals surface area contributed by atoms with Crippen molar-refractivity contribution in [1.29, 1.82) is 5.26 Å². The van der Waals surface area contributed by atoms with Crippen molar-refractivity contribution in [3.63, 3.8) is 0 Å². The summed E-state index contributed by atoms with van der Waals surface area (Å²) < 4.78 is 0. The van der Waals surface area contributed by atoms with E-state index in [1.165, 1.54) is 25.7 Å². The molecule has 0 spiro atoms. The van der Waals surface area contributed by atoms with Crippen LogP contribution in [-0.4, -0.2) is 12.5 Å². The molecule has 0 radical (unpaired) electrons. The summed E-state index contributed by atoms with van der Waals surface area (Å²) in [5, 5.41) is 11.2. The molecule has 0 atom stereocenters. The van der Waals surface area contributed by atoms with E-state index in [1.807, 2.05) is 0 Å². The summed E-state index contributed by atoms with van der Waals surface area (Å²) >= 11 is 0. The maximum atomic E-state index is 11.4. The van der Waals surface area contributed by atoms with Gasteiger partial charge in [0.2, 0.25) is 5.91 Å². The van der Waals surface area contributed by atoms with E-state index in [2.05, 4.69) is 11.4 Å². The molecular formula is C12H20N2O. The monoisotopic (exact) mass is 208 g/mol. The molecule has 1 rings (SSSR count). The number of amides is 1. The van der Waals surface area contributed by atoms with E-state index in [1.54, 1.807) is 0 Å². The van der Waals surface area contributed by atoms with Gasteiger partial charge < -0.3 is 5.32 Å². The van der Waals surface area contributed by atoms with Crippen LogP contribution in [0, 0.1) is 17.2 Å². The predicted molar refractivity (Wildman–Crippen MR) is 59.0 cm³/mol. The second-order valence-corrected chi connectivity index (χ2v) is 4.30. The zero-order valence-corrected chi connectivity index (χ0v) is 9.30. The van der Waals surface area contributed by atoms with Gasteiger partial charge in [-0.25, -0.2) is 0 Å². The van der Waals surface area contributed by atoms with Gasteiger partial charge in [0.1, 0.15) is 0 Å². The van der Waals surface area contributed by atoms with Gasteiger partial charge in [0.15, 0.2) is 0 Å². The number of unbranched alkanes of at least 4 members (excludes halogenated alkanes) is 1. The van der Waals surface area contributed by atoms with Gasteiger partial charge in [0, 0.05) is 19.4 Å². The van der Waals surface area contributed by atoms with Crippen LogP contribution >= 0.6 is 0 Å². The molecule has 0 bridgehead atoms. The van der Waals surface area contributed by atoms with E-state index in [-0.39, 0.29) is 5.91 Å². The Hall–Kier alpha value is -1.04. The molecule has 3 nitrogen and oxygen atoms in total. The van der Waals surface area contributed by atoms with Crippen molar-refractivity contribution in [2.45, 2.75) is 51.4 Å². The van der Waals surface area contributed by atoms with Crippen LogP contribution in [0.3, 0.4) is 0 Å². The molecule has 1 aliphatic carbocycles. The van der Waals surface area contributed by atoms with E-state index >= 15 is 0 Å². The van der Waals surface area contributed by atoms with Crippen LogP contribution in [0.1, 0.15) is 51.4 Å². The molecule has 15 heavy (non-hydrogen) atoms. The highest BCUT2D eigenvalue weighted by Crippen LogP contribution is 2.28. The van der Waals surface area contributed by atoms with Crippen LogP contribution in [0.15, 0.2) is 0 Å². The Morgan fingerprint density at radius 3 is 2.80 bits per heavy atom. The van der Waals surface area contributed by atoms with Crippen molar-refractivity contribution < 1.29 is 4.79 Å². The first-order valence-corrected chi connectivity index (χ1v) is 5.96. The predicted octanol–water partition coefficient (Wildman–Crippen LogP) is 2.38. The van der Waals surface area contributed by atoms with Crippen molar-refractivity contribution >= 4 is 5.91 Å². The van der Waals surface area contributed by atoms with E-state index in [4.69, 9.17) is 5.26 Å². The quantitative estimate of drug-likeness (QED) is 0.681. The number of hydrogen-bond donors (Lipinski definition) is 1. The summed E-state index contributed by atoms with van der Waals surface area (Å²) in [6.07, 6.45) is 8.31. The summed E-state index contributed by atoms with van der Waals surface area (Å²) in [7, 11) is 0. The molecule has 1 fully saturated rings. The zero-order chi connectivity index (χ0) is 10.9. The van der Waals surface area contributed by atoms with E-state index in [0.717, 1.165) is 18.8 Å². The first-order valence-electron chi connectivity index (χ1n) is 5.96. The number of rotatable bonds is 6. The van der Waals surface area contributed by atoms with Crippen molar-refractivity contribution in [2.24, 2.45) is 5.92 Å². The lowest BCUT2D eigenvalue weighted by Crippen LogP contribution is -2.24. The minimum atomic E-state index is 0.153. The maximum Gasteiger partial charge on any atom is 0.220 e. The minimum Gasteiger partial charge on any atom is -0.356 e. The normalized spacial score (nSPS) is 16.2. The molecule has 0 aromatic carbocycles. The summed E-state index contributed by atoms with van der Waals surface area (Å²) in [6.45, 7) is 0.650. The van der Waals surface area contributed by atoms with E-state index in [9.17, 15) is 4.79 Å². The maximum absolute atomic E-state index is 11.4. The smallest absolute Gasteiger partial charge is 0.220 e. The first kappa shape index (κ1) is 12.0. The van der Waals surface area contributed by atoms with Crippen LogP contribution in [0.25, 0.3) is 0 Å². The highest BCUT2D eigenvalue weighted by Gasteiger charge is 2.15. The topological polar surface area (TPSA) is 52.9 Å². The molecule has 0 aliphatic heterocycles. The Labute approximate surface area is 91.9 Å². The summed E-state index contributed by atoms with van der Waals surface area (Å²) in [5.74, 6) is 0.940. The van der Waals surface area contributed by atoms with Gasteiger partial charge in [-0.15, -0.1) is 0 Å². The van der Waals surface area contributed by atoms with Crippen LogP contribution < -0.4 is 5.32 Å². The van der Waals surface area contributed by atoms with Crippen LogP contribution in [0.5, 0.6) is 0 Å². The third-order valence-corrected chi connectivity index (χ3v) is 3.04. The van der Waals surface area contributed by atoms with Gasteiger partial charge in [0.25, 0.3) is 0 Å². The van der Waals surface area contributed by atoms with Crippen molar-refractivity contribution in [1.82, 2.24) is 5.32 Å². The van der Waals surface area contributed by atoms with Gasteiger partial charge in [0.05, 0.1) is 6.07 Å². The lowest BCUT2D eigenvalue weighted by molar-refractivity contribution is -0.121. The third-order valence-electron chi connectivity index (χ3n) is 3.04. The molecule has 0 aromatic heterocycles. The number of nitrogens with zero attached hydrogens (tertiary/aromatic N) is 1. The average Bonchev–Trinajstić information content (AvgIpc) is 2.74. The second kappa shape index (κ2) is 7.28. The Kier molecular flexibility index (Phi) is 5.84. The number of nitrogens with one attached hydrogen (secondary N) is 1. The number of hydrogen-bond acceptors (Lipinski definition) is 2. The fourth-order valence-corrected chi connectivity index (χ4v) is 2.12. The Balaban J connectivity index is 1.96. The van der Waals surface area contributed by atoms with Gasteiger partial charge in [-0.05, 0) is 18.8 Å². The van der Waals surface area contributed by atoms with Gasteiger partial charge in [-0.3, -0.25) is 4.79 Å². The second-order valence-electron chi connectivity index (χ2n) is 4.30. The third kappa shape index (κ3) is 5.41. The Morgan fingerprint density at radius 2 is 2.13 bits per heavy atom. The van der Waals surface area contributed by atoms with Crippen molar-refractivity contribution in [3.8, 4) is 6.07 Å². The highest BCUT2D eigenvalue weighted by molar-refractivity contribution is 5.75. The number of carbonyl (C=O) groups is 1. The molecule has 0 unspecified atom stereocenters. The molecule has 0 heterocycles. The van der Waals surface area contributed by atoms with Crippen LogP contribution in [-0.2, 0) is 4.79 Å². The average molecular weight is 208 g/mol. The molecule has 1 N–H and O–H groups in total. The summed E-state index contributed by atoms with van der Waals surface area (Å²) in [4.78, 5) is 11.4. The lowest BCUT2D eigenvalue weighted by atomic mass is 10.0. The van der Waals surface area contributed by atoms with Gasteiger partial charge in [-0.2, -0.15) is 5.26 Å². The minimum absolute atomic E-state index is 0.153. The fourth-order valence-electron chi connectivity index (χ4n) is 2.12. The molecular weight excluding hydrogens is 188 g/mol. The molecule has 84 valence electrons. The zero-order valence-electron chi connectivity index (χ0n) is 9.30. The SMILES string of the molecule is N#CCCCNC(=O)CCC1CCCC1. The highest BCUT2D eigenvalue weighted by atomic mass is 16.1. The number of nitriles is 1. The molecule has 1 aliphatic rings. The largest absolute Gasteiger partial charge is 0.356 e. The van der Waals surface area contributed by atoms with Crippen LogP contribution in [0.4, 0.5) is 0 Å². The Bertz CT molecular complexity index is 226.